The third kappa shape index (κ3) is 2.62. The summed E-state index contributed by atoms with van der Waals surface area (Å²) in [7, 11) is 1.95. The van der Waals surface area contributed by atoms with Crippen molar-refractivity contribution in [2.45, 2.75) is 6.54 Å². The molecule has 4 nitrogen and oxygen atoms in total. The number of hydrogen-bond donors (Lipinski definition) is 1. The van der Waals surface area contributed by atoms with Crippen LogP contribution in [-0.4, -0.2) is 17.2 Å². The first-order valence-corrected chi connectivity index (χ1v) is 5.89. The van der Waals surface area contributed by atoms with E-state index in [9.17, 15) is 0 Å². The lowest BCUT2D eigenvalue weighted by molar-refractivity contribution is 0.895. The number of hydrogen-bond acceptors (Lipinski definition) is 5. The van der Waals surface area contributed by atoms with Crippen molar-refractivity contribution in [2.75, 3.05) is 17.7 Å². The van der Waals surface area contributed by atoms with Gasteiger partial charge < -0.3 is 10.6 Å². The minimum Gasteiger partial charge on any atom is -0.374 e. The zero-order valence-corrected chi connectivity index (χ0v) is 10.3. The third-order valence-corrected chi connectivity index (χ3v) is 3.21. The molecule has 1 aromatic carbocycles. The Labute approximate surface area is 103 Å². The van der Waals surface area contributed by atoms with Gasteiger partial charge in [0, 0.05) is 18.6 Å². The van der Waals surface area contributed by atoms with Crippen LogP contribution in [0.3, 0.4) is 0 Å². The standard InChI is InChI=1S/C10H11ClN4S/c1-15(10-14-13-9(12)16-10)6-7-2-4-8(11)5-3-7/h2-5H,6H2,1H3,(H2,12,13). The summed E-state index contributed by atoms with van der Waals surface area (Å²) in [5.74, 6) is 0. The molecule has 0 atom stereocenters. The van der Waals surface area contributed by atoms with Crippen LogP contribution >= 0.6 is 22.9 Å². The van der Waals surface area contributed by atoms with Gasteiger partial charge in [-0.3, -0.25) is 0 Å². The molecule has 2 rings (SSSR count). The molecule has 84 valence electrons. The lowest BCUT2D eigenvalue weighted by atomic mass is 10.2. The van der Waals surface area contributed by atoms with E-state index < -0.39 is 0 Å². The number of halogens is 1. The van der Waals surface area contributed by atoms with Gasteiger partial charge in [-0.15, -0.1) is 10.2 Å². The highest BCUT2D eigenvalue weighted by atomic mass is 35.5. The molecule has 16 heavy (non-hydrogen) atoms. The highest BCUT2D eigenvalue weighted by molar-refractivity contribution is 7.18. The molecule has 2 aromatic rings. The van der Waals surface area contributed by atoms with Crippen LogP contribution in [0.4, 0.5) is 10.3 Å². The monoisotopic (exact) mass is 254 g/mol. The van der Waals surface area contributed by atoms with Gasteiger partial charge in [0.05, 0.1) is 0 Å². The molecular formula is C10H11ClN4S. The van der Waals surface area contributed by atoms with Gasteiger partial charge in [-0.25, -0.2) is 0 Å². The Kier molecular flexibility index (Phi) is 3.26. The van der Waals surface area contributed by atoms with Gasteiger partial charge >= 0.3 is 0 Å². The van der Waals surface area contributed by atoms with Crippen molar-refractivity contribution in [3.63, 3.8) is 0 Å². The number of nitrogen functional groups attached to an aromatic ring is 1. The van der Waals surface area contributed by atoms with Crippen molar-refractivity contribution < 1.29 is 0 Å². The highest BCUT2D eigenvalue weighted by Gasteiger charge is 2.07. The fraction of sp³-hybridized carbons (Fsp3) is 0.200. The predicted octanol–water partition coefficient (Wildman–Crippen LogP) is 2.41. The van der Waals surface area contributed by atoms with E-state index in [2.05, 4.69) is 10.2 Å². The third-order valence-electron chi connectivity index (χ3n) is 2.09. The summed E-state index contributed by atoms with van der Waals surface area (Å²) >= 11 is 7.19. The zero-order chi connectivity index (χ0) is 11.5. The smallest absolute Gasteiger partial charge is 0.210 e. The molecule has 0 aliphatic rings. The first-order chi connectivity index (χ1) is 7.65. The summed E-state index contributed by atoms with van der Waals surface area (Å²) in [6.45, 7) is 0.756. The van der Waals surface area contributed by atoms with E-state index in [1.807, 2.05) is 36.2 Å². The van der Waals surface area contributed by atoms with Gasteiger partial charge in [0.25, 0.3) is 0 Å². The molecular weight excluding hydrogens is 244 g/mol. The van der Waals surface area contributed by atoms with Crippen molar-refractivity contribution in [3.8, 4) is 0 Å². The number of anilines is 2. The van der Waals surface area contributed by atoms with Crippen LogP contribution in [0.5, 0.6) is 0 Å². The van der Waals surface area contributed by atoms with Crippen LogP contribution in [0.1, 0.15) is 5.56 Å². The van der Waals surface area contributed by atoms with Gasteiger partial charge in [-0.05, 0) is 17.7 Å². The van der Waals surface area contributed by atoms with E-state index >= 15 is 0 Å². The summed E-state index contributed by atoms with van der Waals surface area (Å²) in [5.41, 5.74) is 6.70. The number of rotatable bonds is 3. The normalized spacial score (nSPS) is 10.4. The van der Waals surface area contributed by atoms with Crippen LogP contribution in [0, 0.1) is 0 Å². The molecule has 2 N–H and O–H groups in total. The average Bonchev–Trinajstić information content (AvgIpc) is 2.68. The SMILES string of the molecule is CN(Cc1ccc(Cl)cc1)c1nnc(N)s1. The molecule has 1 heterocycles. The van der Waals surface area contributed by atoms with Gasteiger partial charge in [0.15, 0.2) is 0 Å². The quantitative estimate of drug-likeness (QED) is 0.914. The van der Waals surface area contributed by atoms with Crippen LogP contribution < -0.4 is 10.6 Å². The largest absolute Gasteiger partial charge is 0.374 e. The van der Waals surface area contributed by atoms with Gasteiger partial charge in [-0.2, -0.15) is 0 Å². The Hall–Kier alpha value is -1.33. The maximum absolute atomic E-state index is 5.82. The summed E-state index contributed by atoms with van der Waals surface area (Å²) in [6, 6.07) is 7.73. The number of aromatic nitrogens is 2. The molecule has 0 saturated carbocycles. The molecule has 0 aliphatic carbocycles. The van der Waals surface area contributed by atoms with Gasteiger partial charge in [-0.1, -0.05) is 35.1 Å². The van der Waals surface area contributed by atoms with Crippen LogP contribution in [0.2, 0.25) is 5.02 Å². The summed E-state index contributed by atoms with van der Waals surface area (Å²) in [4.78, 5) is 2.00. The van der Waals surface area contributed by atoms with E-state index in [0.29, 0.717) is 5.13 Å². The van der Waals surface area contributed by atoms with Crippen molar-refractivity contribution in [2.24, 2.45) is 0 Å². The zero-order valence-electron chi connectivity index (χ0n) is 8.72. The Morgan fingerprint density at radius 2 is 2.00 bits per heavy atom. The second kappa shape index (κ2) is 4.67. The molecule has 0 saturated heterocycles. The maximum Gasteiger partial charge on any atom is 0.210 e. The molecule has 0 spiro atoms. The summed E-state index contributed by atoms with van der Waals surface area (Å²) in [5, 5.41) is 9.79. The molecule has 0 aliphatic heterocycles. The van der Waals surface area contributed by atoms with E-state index in [0.717, 1.165) is 16.7 Å². The summed E-state index contributed by atoms with van der Waals surface area (Å²) in [6.07, 6.45) is 0. The molecule has 0 fully saturated rings. The minimum atomic E-state index is 0.484. The Morgan fingerprint density at radius 1 is 1.31 bits per heavy atom. The minimum absolute atomic E-state index is 0.484. The highest BCUT2D eigenvalue weighted by Crippen LogP contribution is 2.22. The van der Waals surface area contributed by atoms with Gasteiger partial charge in [0.1, 0.15) is 0 Å². The topological polar surface area (TPSA) is 55.0 Å². The Morgan fingerprint density at radius 3 is 2.56 bits per heavy atom. The van der Waals surface area contributed by atoms with Crippen LogP contribution in [0.25, 0.3) is 0 Å². The average molecular weight is 255 g/mol. The van der Waals surface area contributed by atoms with E-state index in [4.69, 9.17) is 17.3 Å². The van der Waals surface area contributed by atoms with Crippen molar-refractivity contribution in [3.05, 3.63) is 34.9 Å². The second-order valence-electron chi connectivity index (χ2n) is 3.41. The number of benzene rings is 1. The molecule has 1 aromatic heterocycles. The molecule has 0 unspecified atom stereocenters. The maximum atomic E-state index is 5.82. The number of nitrogens with two attached hydrogens (primary N) is 1. The lowest BCUT2D eigenvalue weighted by Crippen LogP contribution is -2.15. The van der Waals surface area contributed by atoms with Crippen LogP contribution in [-0.2, 0) is 6.54 Å². The fourth-order valence-electron chi connectivity index (χ4n) is 1.31. The molecule has 6 heteroatoms. The predicted molar refractivity (Wildman–Crippen MR) is 67.9 cm³/mol. The summed E-state index contributed by atoms with van der Waals surface area (Å²) < 4.78 is 0. The molecule has 0 amide bonds. The van der Waals surface area contributed by atoms with Crippen molar-refractivity contribution >= 4 is 33.2 Å². The molecule has 0 radical (unpaired) electrons. The molecule has 0 bridgehead atoms. The van der Waals surface area contributed by atoms with E-state index in [1.54, 1.807) is 0 Å². The second-order valence-corrected chi connectivity index (χ2v) is 4.83. The first kappa shape index (κ1) is 11.2. The van der Waals surface area contributed by atoms with E-state index in [-0.39, 0.29) is 0 Å². The fourth-order valence-corrected chi connectivity index (χ4v) is 2.01. The Bertz CT molecular complexity index is 468. The van der Waals surface area contributed by atoms with Crippen molar-refractivity contribution in [1.82, 2.24) is 10.2 Å². The number of nitrogens with zero attached hydrogens (tertiary/aromatic N) is 3. The lowest BCUT2D eigenvalue weighted by Gasteiger charge is -2.14. The Balaban J connectivity index is 2.07. The van der Waals surface area contributed by atoms with E-state index in [1.165, 1.54) is 16.9 Å². The van der Waals surface area contributed by atoms with Crippen molar-refractivity contribution in [1.29, 1.82) is 0 Å². The van der Waals surface area contributed by atoms with Gasteiger partial charge in [0.2, 0.25) is 10.3 Å². The first-order valence-electron chi connectivity index (χ1n) is 4.70. The van der Waals surface area contributed by atoms with Crippen LogP contribution in [0.15, 0.2) is 24.3 Å².